The zero-order valence-corrected chi connectivity index (χ0v) is 24.8. The fourth-order valence-corrected chi connectivity index (χ4v) is 6.13. The van der Waals surface area contributed by atoms with E-state index in [0.717, 1.165) is 29.5 Å². The van der Waals surface area contributed by atoms with Gasteiger partial charge in [0.25, 0.3) is 10.0 Å². The molecule has 3 rings (SSSR count). The molecule has 0 aliphatic heterocycles. The molecule has 1 N–H and O–H groups in total. The van der Waals surface area contributed by atoms with Crippen molar-refractivity contribution in [2.24, 2.45) is 0 Å². The molecule has 214 valence electrons. The van der Waals surface area contributed by atoms with Gasteiger partial charge < -0.3 is 10.2 Å². The summed E-state index contributed by atoms with van der Waals surface area (Å²) in [6.45, 7) is 8.08. The number of carbonyl (C=O) groups is 2. The highest BCUT2D eigenvalue weighted by atomic mass is 32.2. The van der Waals surface area contributed by atoms with E-state index in [2.05, 4.69) is 5.32 Å². The van der Waals surface area contributed by atoms with Gasteiger partial charge in [-0.3, -0.25) is 13.9 Å². The first kappa shape index (κ1) is 30.9. The van der Waals surface area contributed by atoms with Gasteiger partial charge in [0.2, 0.25) is 11.8 Å². The van der Waals surface area contributed by atoms with E-state index in [9.17, 15) is 18.0 Å². The first-order valence-electron chi connectivity index (χ1n) is 14.0. The van der Waals surface area contributed by atoms with E-state index >= 15 is 0 Å². The maximum atomic E-state index is 14.1. The summed E-state index contributed by atoms with van der Waals surface area (Å²) in [4.78, 5) is 29.0. The molecule has 2 amide bonds. The molecule has 0 bridgehead atoms. The Hall–Kier alpha value is -3.65. The molecule has 8 heteroatoms. The van der Waals surface area contributed by atoms with Gasteiger partial charge in [-0.05, 0) is 68.0 Å². The summed E-state index contributed by atoms with van der Waals surface area (Å²) in [6.07, 6.45) is 2.74. The summed E-state index contributed by atoms with van der Waals surface area (Å²) in [5.74, 6) is -0.643. The van der Waals surface area contributed by atoms with Gasteiger partial charge in [0.15, 0.2) is 0 Å². The number of unbranched alkanes of at least 4 members (excludes halogenated alkanes) is 1. The minimum Gasteiger partial charge on any atom is -0.354 e. The van der Waals surface area contributed by atoms with Crippen LogP contribution in [0.3, 0.4) is 0 Å². The summed E-state index contributed by atoms with van der Waals surface area (Å²) in [7, 11) is -4.07. The van der Waals surface area contributed by atoms with Crippen LogP contribution in [-0.2, 0) is 26.0 Å². The highest BCUT2D eigenvalue weighted by Gasteiger charge is 2.34. The smallest absolute Gasteiger partial charge is 0.264 e. The first-order valence-corrected chi connectivity index (χ1v) is 15.4. The van der Waals surface area contributed by atoms with Gasteiger partial charge in [0.05, 0.1) is 10.6 Å². The lowest BCUT2D eigenvalue weighted by molar-refractivity contribution is -0.139. The number of carbonyl (C=O) groups excluding carboxylic acids is 2. The molecule has 0 aliphatic rings. The van der Waals surface area contributed by atoms with Crippen LogP contribution in [0.2, 0.25) is 0 Å². The van der Waals surface area contributed by atoms with Crippen LogP contribution >= 0.6 is 0 Å². The number of nitrogens with one attached hydrogen (secondary N) is 1. The van der Waals surface area contributed by atoms with Crippen LogP contribution in [0.15, 0.2) is 83.8 Å². The number of benzene rings is 3. The Morgan fingerprint density at radius 2 is 1.52 bits per heavy atom. The summed E-state index contributed by atoms with van der Waals surface area (Å²) in [6, 6.07) is 22.6. The summed E-state index contributed by atoms with van der Waals surface area (Å²) in [5, 5.41) is 2.96. The molecule has 7 nitrogen and oxygen atoms in total. The molecule has 0 saturated carbocycles. The molecule has 0 radical (unpaired) electrons. The topological polar surface area (TPSA) is 86.8 Å². The lowest BCUT2D eigenvalue weighted by Gasteiger charge is -2.33. The molecule has 0 saturated heterocycles. The predicted octanol–water partition coefficient (Wildman–Crippen LogP) is 5.26. The predicted molar refractivity (Wildman–Crippen MR) is 161 cm³/mol. The monoisotopic (exact) mass is 563 g/mol. The van der Waals surface area contributed by atoms with Gasteiger partial charge in [0, 0.05) is 13.1 Å². The Bertz CT molecular complexity index is 1360. The fourth-order valence-electron chi connectivity index (χ4n) is 4.64. The highest BCUT2D eigenvalue weighted by Crippen LogP contribution is 2.29. The van der Waals surface area contributed by atoms with E-state index in [-0.39, 0.29) is 17.3 Å². The Labute approximate surface area is 239 Å². The molecule has 3 aromatic rings. The number of nitrogens with zero attached hydrogens (tertiary/aromatic N) is 2. The summed E-state index contributed by atoms with van der Waals surface area (Å²) < 4.78 is 29.1. The number of hydrogen-bond acceptors (Lipinski definition) is 4. The van der Waals surface area contributed by atoms with Crippen LogP contribution < -0.4 is 9.62 Å². The maximum Gasteiger partial charge on any atom is 0.264 e. The van der Waals surface area contributed by atoms with Gasteiger partial charge in [-0.15, -0.1) is 0 Å². The van der Waals surface area contributed by atoms with Crippen molar-refractivity contribution in [2.75, 3.05) is 23.9 Å². The van der Waals surface area contributed by atoms with Crippen LogP contribution in [0.1, 0.15) is 49.8 Å². The number of hydrogen-bond donors (Lipinski definition) is 1. The van der Waals surface area contributed by atoms with Crippen molar-refractivity contribution in [1.29, 1.82) is 0 Å². The van der Waals surface area contributed by atoms with Crippen molar-refractivity contribution in [2.45, 2.75) is 64.3 Å². The Morgan fingerprint density at radius 1 is 0.875 bits per heavy atom. The van der Waals surface area contributed by atoms with Gasteiger partial charge in [0.1, 0.15) is 12.6 Å². The standard InChI is InChI=1S/C32H41N3O4S/c1-5-7-22-33-32(37)29(6-2)34(23-21-27-16-10-8-11-17-27)31(36)24-35(30-20-14-15-25(3)26(30)4)40(38,39)28-18-12-9-13-19-28/h8-20,29H,5-7,21-24H2,1-4H3,(H,33,37)/t29-/m0/s1. The lowest BCUT2D eigenvalue weighted by atomic mass is 10.1. The average molecular weight is 564 g/mol. The van der Waals surface area contributed by atoms with Gasteiger partial charge >= 0.3 is 0 Å². The summed E-state index contributed by atoms with van der Waals surface area (Å²) >= 11 is 0. The van der Waals surface area contributed by atoms with Crippen molar-refractivity contribution < 1.29 is 18.0 Å². The molecule has 0 aromatic heterocycles. The maximum absolute atomic E-state index is 14.1. The van der Waals surface area contributed by atoms with Crippen LogP contribution in [0.5, 0.6) is 0 Å². The molecule has 40 heavy (non-hydrogen) atoms. The second-order valence-electron chi connectivity index (χ2n) is 9.94. The van der Waals surface area contributed by atoms with Gasteiger partial charge in [-0.1, -0.05) is 80.9 Å². The van der Waals surface area contributed by atoms with Crippen molar-refractivity contribution >= 4 is 27.5 Å². The molecule has 1 atom stereocenters. The number of aryl methyl sites for hydroxylation is 1. The van der Waals surface area contributed by atoms with Gasteiger partial charge in [-0.25, -0.2) is 8.42 Å². The SMILES string of the molecule is CCCCNC(=O)[C@H](CC)N(CCc1ccccc1)C(=O)CN(c1cccc(C)c1C)S(=O)(=O)c1ccccc1. The van der Waals surface area contributed by atoms with Gasteiger partial charge in [-0.2, -0.15) is 0 Å². The Balaban J connectivity index is 2.01. The third-order valence-corrected chi connectivity index (χ3v) is 8.93. The van der Waals surface area contributed by atoms with Crippen LogP contribution in [0, 0.1) is 13.8 Å². The number of sulfonamides is 1. The van der Waals surface area contributed by atoms with Crippen molar-refractivity contribution in [3.05, 3.63) is 95.6 Å². The molecular formula is C32H41N3O4S. The fraction of sp³-hybridized carbons (Fsp3) is 0.375. The van der Waals surface area contributed by atoms with Crippen molar-refractivity contribution in [1.82, 2.24) is 10.2 Å². The third kappa shape index (κ3) is 7.72. The van der Waals surface area contributed by atoms with E-state index in [1.807, 2.05) is 64.1 Å². The second kappa shape index (κ2) is 14.7. The van der Waals surface area contributed by atoms with E-state index in [1.165, 1.54) is 16.4 Å². The van der Waals surface area contributed by atoms with E-state index in [4.69, 9.17) is 0 Å². The van der Waals surface area contributed by atoms with Crippen LogP contribution in [0.4, 0.5) is 5.69 Å². The number of rotatable bonds is 14. The third-order valence-electron chi connectivity index (χ3n) is 7.15. The average Bonchev–Trinajstić information content (AvgIpc) is 2.96. The number of amides is 2. The summed E-state index contributed by atoms with van der Waals surface area (Å²) in [5.41, 5.74) is 3.17. The molecule has 0 fully saturated rings. The zero-order valence-electron chi connectivity index (χ0n) is 24.0. The molecular weight excluding hydrogens is 522 g/mol. The normalized spacial score (nSPS) is 12.0. The van der Waals surface area contributed by atoms with Crippen LogP contribution in [-0.4, -0.2) is 50.8 Å². The minimum atomic E-state index is -4.07. The molecule has 0 aliphatic carbocycles. The lowest BCUT2D eigenvalue weighted by Crippen LogP contribution is -2.53. The molecule has 0 heterocycles. The van der Waals surface area contributed by atoms with Crippen molar-refractivity contribution in [3.63, 3.8) is 0 Å². The molecule has 3 aromatic carbocycles. The van der Waals surface area contributed by atoms with Crippen molar-refractivity contribution in [3.8, 4) is 0 Å². The number of anilines is 1. The molecule has 0 unspecified atom stereocenters. The minimum absolute atomic E-state index is 0.101. The largest absolute Gasteiger partial charge is 0.354 e. The van der Waals surface area contributed by atoms with E-state index in [0.29, 0.717) is 25.1 Å². The Kier molecular flexibility index (Phi) is 11.3. The zero-order chi connectivity index (χ0) is 29.1. The second-order valence-corrected chi connectivity index (χ2v) is 11.8. The quantitative estimate of drug-likeness (QED) is 0.271. The van der Waals surface area contributed by atoms with E-state index < -0.39 is 28.5 Å². The highest BCUT2D eigenvalue weighted by molar-refractivity contribution is 7.92. The van der Waals surface area contributed by atoms with Crippen LogP contribution in [0.25, 0.3) is 0 Å². The van der Waals surface area contributed by atoms with E-state index in [1.54, 1.807) is 35.2 Å². The first-order chi connectivity index (χ1) is 19.2. The molecule has 0 spiro atoms. The Morgan fingerprint density at radius 3 is 2.15 bits per heavy atom.